The molecule has 0 unspecified atom stereocenters. The van der Waals surface area contributed by atoms with Crippen molar-refractivity contribution in [2.45, 2.75) is 37.5 Å². The van der Waals surface area contributed by atoms with Crippen LogP contribution in [-0.2, 0) is 9.47 Å². The Balaban J connectivity index is 1.63. The smallest absolute Gasteiger partial charge is 0.258 e. The van der Waals surface area contributed by atoms with Crippen LogP contribution in [0.4, 0.5) is 0 Å². The van der Waals surface area contributed by atoms with E-state index in [0.717, 1.165) is 25.7 Å². The summed E-state index contributed by atoms with van der Waals surface area (Å²) in [6.07, 6.45) is 5.01. The van der Waals surface area contributed by atoms with Gasteiger partial charge in [-0.15, -0.1) is 0 Å². The largest absolute Gasteiger partial charge is 0.457 e. The molecule has 110 valence electrons. The third kappa shape index (κ3) is 2.52. The van der Waals surface area contributed by atoms with Gasteiger partial charge in [-0.1, -0.05) is 0 Å². The summed E-state index contributed by atoms with van der Waals surface area (Å²) >= 11 is 3.25. The van der Waals surface area contributed by atoms with E-state index in [0.29, 0.717) is 23.4 Å². The minimum Gasteiger partial charge on any atom is -0.457 e. The molecule has 2 heterocycles. The first-order valence-corrected chi connectivity index (χ1v) is 7.69. The zero-order valence-electron chi connectivity index (χ0n) is 11.4. The molecule has 20 heavy (non-hydrogen) atoms. The van der Waals surface area contributed by atoms with Crippen LogP contribution in [-0.4, -0.2) is 42.9 Å². The fourth-order valence-electron chi connectivity index (χ4n) is 3.02. The first-order valence-electron chi connectivity index (χ1n) is 6.89. The summed E-state index contributed by atoms with van der Waals surface area (Å²) in [5.41, 5.74) is 0.571. The molecule has 0 N–H and O–H groups in total. The number of furan rings is 1. The Hall–Kier alpha value is -0.850. The molecule has 2 fully saturated rings. The molecule has 3 rings (SSSR count). The van der Waals surface area contributed by atoms with E-state index < -0.39 is 0 Å². The van der Waals surface area contributed by atoms with Gasteiger partial charge in [-0.05, 0) is 34.8 Å². The number of hydrogen-bond acceptors (Lipinski definition) is 4. The predicted molar refractivity (Wildman–Crippen MR) is 75.4 cm³/mol. The standard InChI is InChI=1S/C14H18BrNO4/c1-16(13(17)11-4-7-18-12(11)15)10-2-5-14(6-3-10)19-8-9-20-14/h4,7,10H,2-3,5-6,8-9H2,1H3. The lowest BCUT2D eigenvalue weighted by atomic mass is 9.89. The van der Waals surface area contributed by atoms with E-state index in [1.54, 1.807) is 11.0 Å². The molecule has 1 aromatic heterocycles. The van der Waals surface area contributed by atoms with Crippen LogP contribution in [0.5, 0.6) is 0 Å². The van der Waals surface area contributed by atoms with E-state index in [2.05, 4.69) is 15.9 Å². The Morgan fingerprint density at radius 3 is 2.55 bits per heavy atom. The van der Waals surface area contributed by atoms with Crippen LogP contribution >= 0.6 is 15.9 Å². The summed E-state index contributed by atoms with van der Waals surface area (Å²) < 4.78 is 17.0. The van der Waals surface area contributed by atoms with Crippen molar-refractivity contribution < 1.29 is 18.7 Å². The lowest BCUT2D eigenvalue weighted by Gasteiger charge is -2.38. The zero-order chi connectivity index (χ0) is 14.2. The molecule has 5 nitrogen and oxygen atoms in total. The summed E-state index contributed by atoms with van der Waals surface area (Å²) in [6.45, 7) is 1.36. The van der Waals surface area contributed by atoms with E-state index in [1.807, 2.05) is 7.05 Å². The van der Waals surface area contributed by atoms with Gasteiger partial charge in [0.25, 0.3) is 5.91 Å². The Morgan fingerprint density at radius 2 is 2.00 bits per heavy atom. The van der Waals surface area contributed by atoms with Gasteiger partial charge in [0.05, 0.1) is 25.0 Å². The van der Waals surface area contributed by atoms with E-state index >= 15 is 0 Å². The Kier molecular flexibility index (Phi) is 3.88. The van der Waals surface area contributed by atoms with E-state index in [1.165, 1.54) is 6.26 Å². The monoisotopic (exact) mass is 343 g/mol. The summed E-state index contributed by atoms with van der Waals surface area (Å²) in [6, 6.07) is 1.92. The zero-order valence-corrected chi connectivity index (χ0v) is 13.0. The van der Waals surface area contributed by atoms with Crippen molar-refractivity contribution in [3.05, 3.63) is 22.6 Å². The van der Waals surface area contributed by atoms with Crippen LogP contribution in [0, 0.1) is 0 Å². The molecule has 2 aliphatic rings. The molecule has 1 saturated heterocycles. The van der Waals surface area contributed by atoms with Crippen LogP contribution in [0.15, 0.2) is 21.4 Å². The van der Waals surface area contributed by atoms with Crippen LogP contribution in [0.1, 0.15) is 36.0 Å². The van der Waals surface area contributed by atoms with Gasteiger partial charge in [0.15, 0.2) is 10.5 Å². The van der Waals surface area contributed by atoms with Crippen molar-refractivity contribution in [1.29, 1.82) is 0 Å². The van der Waals surface area contributed by atoms with Gasteiger partial charge in [0.1, 0.15) is 0 Å². The van der Waals surface area contributed by atoms with Crippen LogP contribution < -0.4 is 0 Å². The number of amides is 1. The van der Waals surface area contributed by atoms with Gasteiger partial charge in [0, 0.05) is 25.9 Å². The fourth-order valence-corrected chi connectivity index (χ4v) is 3.43. The molecule has 1 saturated carbocycles. The normalized spacial score (nSPS) is 22.3. The summed E-state index contributed by atoms with van der Waals surface area (Å²) in [7, 11) is 1.85. The van der Waals surface area contributed by atoms with Crippen molar-refractivity contribution in [1.82, 2.24) is 4.90 Å². The van der Waals surface area contributed by atoms with Crippen molar-refractivity contribution in [2.75, 3.05) is 20.3 Å². The van der Waals surface area contributed by atoms with E-state index in [9.17, 15) is 4.79 Å². The van der Waals surface area contributed by atoms with Crippen molar-refractivity contribution in [3.8, 4) is 0 Å². The number of ether oxygens (including phenoxy) is 2. The first kappa shape index (κ1) is 14.1. The maximum Gasteiger partial charge on any atom is 0.258 e. The number of carbonyl (C=O) groups excluding carboxylic acids is 1. The van der Waals surface area contributed by atoms with Crippen LogP contribution in [0.2, 0.25) is 0 Å². The molecule has 0 atom stereocenters. The Labute approximate surface area is 126 Å². The maximum absolute atomic E-state index is 12.4. The highest BCUT2D eigenvalue weighted by molar-refractivity contribution is 9.10. The number of halogens is 1. The summed E-state index contributed by atoms with van der Waals surface area (Å²) in [5.74, 6) is -0.392. The molecule has 0 radical (unpaired) electrons. The highest BCUT2D eigenvalue weighted by Gasteiger charge is 2.41. The lowest BCUT2D eigenvalue weighted by molar-refractivity contribution is -0.182. The van der Waals surface area contributed by atoms with Gasteiger partial charge in [-0.25, -0.2) is 0 Å². The van der Waals surface area contributed by atoms with Gasteiger partial charge in [-0.2, -0.15) is 0 Å². The van der Waals surface area contributed by atoms with E-state index in [4.69, 9.17) is 13.9 Å². The van der Waals surface area contributed by atoms with Gasteiger partial charge >= 0.3 is 0 Å². The highest BCUT2D eigenvalue weighted by Crippen LogP contribution is 2.37. The van der Waals surface area contributed by atoms with Crippen LogP contribution in [0.25, 0.3) is 0 Å². The van der Waals surface area contributed by atoms with Crippen molar-refractivity contribution >= 4 is 21.8 Å². The molecule has 1 spiro atoms. The van der Waals surface area contributed by atoms with Gasteiger partial charge < -0.3 is 18.8 Å². The average molecular weight is 344 g/mol. The topological polar surface area (TPSA) is 51.9 Å². The summed E-state index contributed by atoms with van der Waals surface area (Å²) in [4.78, 5) is 14.2. The number of carbonyl (C=O) groups is 1. The van der Waals surface area contributed by atoms with Crippen LogP contribution in [0.3, 0.4) is 0 Å². The number of rotatable bonds is 2. The Bertz CT molecular complexity index is 485. The molecule has 1 aliphatic carbocycles. The Morgan fingerprint density at radius 1 is 1.35 bits per heavy atom. The van der Waals surface area contributed by atoms with Gasteiger partial charge in [-0.3, -0.25) is 4.79 Å². The molecule has 0 aromatic carbocycles. The molecular weight excluding hydrogens is 326 g/mol. The second-order valence-electron chi connectivity index (χ2n) is 5.36. The summed E-state index contributed by atoms with van der Waals surface area (Å²) in [5, 5.41) is 0. The fraction of sp³-hybridized carbons (Fsp3) is 0.643. The second kappa shape index (κ2) is 5.50. The minimum atomic E-state index is -0.378. The third-order valence-corrected chi connectivity index (χ3v) is 4.86. The third-order valence-electron chi connectivity index (χ3n) is 4.25. The van der Waals surface area contributed by atoms with Crippen molar-refractivity contribution in [2.24, 2.45) is 0 Å². The molecule has 1 amide bonds. The van der Waals surface area contributed by atoms with E-state index in [-0.39, 0.29) is 17.7 Å². The maximum atomic E-state index is 12.4. The quantitative estimate of drug-likeness (QED) is 0.828. The molecule has 0 bridgehead atoms. The minimum absolute atomic E-state index is 0.0140. The van der Waals surface area contributed by atoms with Gasteiger partial charge in [0.2, 0.25) is 0 Å². The first-order chi connectivity index (χ1) is 9.61. The lowest BCUT2D eigenvalue weighted by Crippen LogP contribution is -2.44. The SMILES string of the molecule is CN(C(=O)c1ccoc1Br)C1CCC2(CC1)OCCO2. The average Bonchev–Trinajstić information content (AvgIpc) is 3.08. The number of hydrogen-bond donors (Lipinski definition) is 0. The molecular formula is C14H18BrNO4. The predicted octanol–water partition coefficient (Wildman–Crippen LogP) is 2.80. The van der Waals surface area contributed by atoms with Crippen molar-refractivity contribution in [3.63, 3.8) is 0 Å². The highest BCUT2D eigenvalue weighted by atomic mass is 79.9. The molecule has 1 aliphatic heterocycles. The number of nitrogens with zero attached hydrogens (tertiary/aromatic N) is 1. The second-order valence-corrected chi connectivity index (χ2v) is 6.08. The molecule has 1 aromatic rings. The molecule has 6 heteroatoms.